The van der Waals surface area contributed by atoms with Crippen LogP contribution in [-0.2, 0) is 10.0 Å². The third kappa shape index (κ3) is 2.56. The van der Waals surface area contributed by atoms with E-state index in [1.165, 1.54) is 16.4 Å². The molecular formula is C10H10Cl3NO2S. The Bertz CT molecular complexity index is 539. The first kappa shape index (κ1) is 13.4. The fourth-order valence-electron chi connectivity index (χ4n) is 1.77. The van der Waals surface area contributed by atoms with Gasteiger partial charge in [0.25, 0.3) is 0 Å². The van der Waals surface area contributed by atoms with Gasteiger partial charge in [0.1, 0.15) is 4.90 Å². The highest BCUT2D eigenvalue weighted by molar-refractivity contribution is 7.89. The van der Waals surface area contributed by atoms with Gasteiger partial charge in [-0.3, -0.25) is 0 Å². The third-order valence-electron chi connectivity index (χ3n) is 2.66. The zero-order valence-corrected chi connectivity index (χ0v) is 11.9. The molecule has 1 aromatic rings. The Kier molecular flexibility index (Phi) is 3.90. The summed E-state index contributed by atoms with van der Waals surface area (Å²) in [6, 6.07) is 2.66. The van der Waals surface area contributed by atoms with Crippen molar-refractivity contribution < 1.29 is 8.42 Å². The second-order valence-electron chi connectivity index (χ2n) is 3.81. The van der Waals surface area contributed by atoms with Gasteiger partial charge in [0.15, 0.2) is 0 Å². The Balaban J connectivity index is 2.49. The Labute approximate surface area is 115 Å². The maximum Gasteiger partial charge on any atom is 0.244 e. The topological polar surface area (TPSA) is 37.4 Å². The summed E-state index contributed by atoms with van der Waals surface area (Å²) < 4.78 is 25.9. The van der Waals surface area contributed by atoms with Gasteiger partial charge in [0, 0.05) is 13.1 Å². The lowest BCUT2D eigenvalue weighted by molar-refractivity contribution is 0.477. The summed E-state index contributed by atoms with van der Waals surface area (Å²) in [4.78, 5) is 0.0236. The highest BCUT2D eigenvalue weighted by atomic mass is 35.5. The first-order valence-corrected chi connectivity index (χ1v) is 7.65. The molecule has 0 unspecified atom stereocenters. The average Bonchev–Trinajstić information content (AvgIpc) is 2.77. The quantitative estimate of drug-likeness (QED) is 0.784. The number of hydrogen-bond acceptors (Lipinski definition) is 2. The van der Waals surface area contributed by atoms with Gasteiger partial charge >= 0.3 is 0 Å². The molecule has 94 valence electrons. The predicted molar refractivity (Wildman–Crippen MR) is 69.5 cm³/mol. The van der Waals surface area contributed by atoms with Crippen molar-refractivity contribution in [1.82, 2.24) is 4.31 Å². The van der Waals surface area contributed by atoms with Gasteiger partial charge in [0.05, 0.1) is 15.1 Å². The highest BCUT2D eigenvalue weighted by Crippen LogP contribution is 2.33. The SMILES string of the molecule is O=S(=O)(c1cc(Cl)c(Cl)cc1Cl)N1CCCC1. The van der Waals surface area contributed by atoms with Crippen molar-refractivity contribution in [1.29, 1.82) is 0 Å². The minimum Gasteiger partial charge on any atom is -0.207 e. The van der Waals surface area contributed by atoms with Crippen LogP contribution in [0.25, 0.3) is 0 Å². The fourth-order valence-corrected chi connectivity index (χ4v) is 4.26. The van der Waals surface area contributed by atoms with Crippen molar-refractivity contribution in [2.75, 3.05) is 13.1 Å². The molecule has 1 aromatic carbocycles. The molecule has 0 spiro atoms. The lowest BCUT2D eigenvalue weighted by Gasteiger charge is -2.16. The number of hydrogen-bond donors (Lipinski definition) is 0. The molecule has 17 heavy (non-hydrogen) atoms. The van der Waals surface area contributed by atoms with Crippen LogP contribution < -0.4 is 0 Å². The standard InChI is InChI=1S/C10H10Cl3NO2S/c11-7-5-9(13)10(6-8(7)12)17(15,16)14-3-1-2-4-14/h5-6H,1-4H2. The van der Waals surface area contributed by atoms with Gasteiger partial charge < -0.3 is 0 Å². The van der Waals surface area contributed by atoms with Gasteiger partial charge in [-0.15, -0.1) is 0 Å². The van der Waals surface area contributed by atoms with Crippen LogP contribution in [0.1, 0.15) is 12.8 Å². The summed E-state index contributed by atoms with van der Waals surface area (Å²) in [6.07, 6.45) is 1.75. The first-order valence-electron chi connectivity index (χ1n) is 5.07. The molecular weight excluding hydrogens is 305 g/mol. The summed E-state index contributed by atoms with van der Waals surface area (Å²) in [6.45, 7) is 1.05. The summed E-state index contributed by atoms with van der Waals surface area (Å²) >= 11 is 17.5. The van der Waals surface area contributed by atoms with Crippen LogP contribution in [0.15, 0.2) is 17.0 Å². The molecule has 0 atom stereocenters. The number of nitrogens with zero attached hydrogens (tertiary/aromatic N) is 1. The predicted octanol–water partition coefficient (Wildman–Crippen LogP) is 3.43. The average molecular weight is 315 g/mol. The second-order valence-corrected chi connectivity index (χ2v) is 6.94. The van der Waals surface area contributed by atoms with Crippen LogP contribution in [0.4, 0.5) is 0 Å². The van der Waals surface area contributed by atoms with Crippen molar-refractivity contribution in [2.24, 2.45) is 0 Å². The van der Waals surface area contributed by atoms with Crippen molar-refractivity contribution in [2.45, 2.75) is 17.7 Å². The molecule has 0 aliphatic carbocycles. The van der Waals surface area contributed by atoms with E-state index in [1.807, 2.05) is 0 Å². The lowest BCUT2D eigenvalue weighted by Crippen LogP contribution is -2.28. The number of halogens is 3. The van der Waals surface area contributed by atoms with Gasteiger partial charge in [-0.1, -0.05) is 34.8 Å². The van der Waals surface area contributed by atoms with Gasteiger partial charge in [-0.05, 0) is 25.0 Å². The molecule has 1 fully saturated rings. The molecule has 1 aliphatic heterocycles. The normalized spacial score (nSPS) is 17.6. The highest BCUT2D eigenvalue weighted by Gasteiger charge is 2.29. The number of sulfonamides is 1. The third-order valence-corrected chi connectivity index (χ3v) is 5.74. The van der Waals surface area contributed by atoms with E-state index in [9.17, 15) is 8.42 Å². The lowest BCUT2D eigenvalue weighted by atomic mass is 10.4. The summed E-state index contributed by atoms with van der Waals surface area (Å²) in [5.41, 5.74) is 0. The van der Waals surface area contributed by atoms with Crippen molar-refractivity contribution in [3.8, 4) is 0 Å². The summed E-state index contributed by atoms with van der Waals surface area (Å²) in [5, 5.41) is 0.539. The number of rotatable bonds is 2. The van der Waals surface area contributed by atoms with E-state index in [4.69, 9.17) is 34.8 Å². The van der Waals surface area contributed by atoms with Gasteiger partial charge in [-0.25, -0.2) is 8.42 Å². The van der Waals surface area contributed by atoms with E-state index in [0.29, 0.717) is 13.1 Å². The first-order chi connectivity index (χ1) is 7.93. The molecule has 2 rings (SSSR count). The molecule has 0 bridgehead atoms. The van der Waals surface area contributed by atoms with E-state index in [1.54, 1.807) is 0 Å². The van der Waals surface area contributed by atoms with E-state index >= 15 is 0 Å². The molecule has 3 nitrogen and oxygen atoms in total. The van der Waals surface area contributed by atoms with Crippen LogP contribution in [0.5, 0.6) is 0 Å². The molecule has 0 amide bonds. The molecule has 0 N–H and O–H groups in total. The van der Waals surface area contributed by atoms with E-state index in [2.05, 4.69) is 0 Å². The van der Waals surface area contributed by atoms with Crippen LogP contribution in [0.2, 0.25) is 15.1 Å². The number of benzene rings is 1. The molecule has 7 heteroatoms. The Hall–Kier alpha value is -0.000000000000000132. The largest absolute Gasteiger partial charge is 0.244 e. The Morgan fingerprint density at radius 2 is 1.47 bits per heavy atom. The van der Waals surface area contributed by atoms with Crippen molar-refractivity contribution >= 4 is 44.8 Å². The van der Waals surface area contributed by atoms with Crippen LogP contribution >= 0.6 is 34.8 Å². The minimum atomic E-state index is -3.55. The van der Waals surface area contributed by atoms with Crippen LogP contribution in [-0.4, -0.2) is 25.8 Å². The van der Waals surface area contributed by atoms with Crippen LogP contribution in [0.3, 0.4) is 0 Å². The molecule has 0 radical (unpaired) electrons. The molecule has 1 heterocycles. The van der Waals surface area contributed by atoms with Gasteiger partial charge in [0.2, 0.25) is 10.0 Å². The smallest absolute Gasteiger partial charge is 0.207 e. The maximum atomic E-state index is 12.3. The molecule has 0 saturated carbocycles. The fraction of sp³-hybridized carbons (Fsp3) is 0.400. The summed E-state index contributed by atoms with van der Waals surface area (Å²) in [5.74, 6) is 0. The van der Waals surface area contributed by atoms with Gasteiger partial charge in [-0.2, -0.15) is 4.31 Å². The zero-order valence-electron chi connectivity index (χ0n) is 8.79. The monoisotopic (exact) mass is 313 g/mol. The second kappa shape index (κ2) is 4.94. The summed E-state index contributed by atoms with van der Waals surface area (Å²) in [7, 11) is -3.55. The van der Waals surface area contributed by atoms with E-state index < -0.39 is 10.0 Å². The van der Waals surface area contributed by atoms with Crippen molar-refractivity contribution in [3.05, 3.63) is 27.2 Å². The Morgan fingerprint density at radius 3 is 2.06 bits per heavy atom. The maximum absolute atomic E-state index is 12.3. The Morgan fingerprint density at radius 1 is 0.941 bits per heavy atom. The zero-order chi connectivity index (χ0) is 12.6. The minimum absolute atomic E-state index is 0.0236. The van der Waals surface area contributed by atoms with Crippen LogP contribution in [0, 0.1) is 0 Å². The van der Waals surface area contributed by atoms with E-state index in [-0.39, 0.29) is 20.0 Å². The molecule has 1 saturated heterocycles. The van der Waals surface area contributed by atoms with Crippen molar-refractivity contribution in [3.63, 3.8) is 0 Å². The van der Waals surface area contributed by atoms with E-state index in [0.717, 1.165) is 12.8 Å². The molecule has 0 aromatic heterocycles. The molecule has 1 aliphatic rings.